The van der Waals surface area contributed by atoms with Crippen LogP contribution in [0.25, 0.3) is 0 Å². The van der Waals surface area contributed by atoms with Crippen molar-refractivity contribution in [1.29, 1.82) is 0 Å². The molecule has 1 heterocycles. The molecule has 1 rings (SSSR count). The molecule has 0 aliphatic carbocycles. The third kappa shape index (κ3) is 3.03. The van der Waals surface area contributed by atoms with Gasteiger partial charge in [0.1, 0.15) is 0 Å². The largest absolute Gasteiger partial charge is 0.314 e. The topological polar surface area (TPSA) is 34.0 Å². The summed E-state index contributed by atoms with van der Waals surface area (Å²) >= 11 is 0. The van der Waals surface area contributed by atoms with Crippen molar-refractivity contribution in [2.75, 3.05) is 6.54 Å². The highest BCUT2D eigenvalue weighted by Gasteiger charge is 2.00. The highest BCUT2D eigenvalue weighted by molar-refractivity contribution is 4.93. The molecular formula is C10H16N2O. The lowest BCUT2D eigenvalue weighted by Gasteiger charge is -2.13. The molecule has 0 aliphatic rings. The molecule has 0 aromatic carbocycles. The molecule has 3 nitrogen and oxygen atoms in total. The summed E-state index contributed by atoms with van der Waals surface area (Å²) in [5.74, 6) is 0. The number of hydrogen-bond donors (Lipinski definition) is 1. The van der Waals surface area contributed by atoms with Crippen molar-refractivity contribution in [3.05, 3.63) is 34.7 Å². The zero-order valence-corrected chi connectivity index (χ0v) is 8.16. The Balaban J connectivity index is 2.63. The summed E-state index contributed by atoms with van der Waals surface area (Å²) in [7, 11) is 0. The first-order valence-corrected chi connectivity index (χ1v) is 4.63. The summed E-state index contributed by atoms with van der Waals surface area (Å²) in [5, 5.41) is 3.26. The third-order valence-corrected chi connectivity index (χ3v) is 1.92. The number of likely N-dealkylation sites (N-methyl/N-ethyl adjacent to an activating group) is 1. The molecular weight excluding hydrogens is 164 g/mol. The molecule has 1 atom stereocenters. The maximum absolute atomic E-state index is 11.3. The molecule has 1 N–H and O–H groups in total. The number of pyridine rings is 1. The second-order valence-electron chi connectivity index (χ2n) is 3.15. The normalized spacial score (nSPS) is 12.8. The lowest BCUT2D eigenvalue weighted by molar-refractivity contribution is 0.481. The van der Waals surface area contributed by atoms with Gasteiger partial charge in [-0.25, -0.2) is 0 Å². The first kappa shape index (κ1) is 9.99. The van der Waals surface area contributed by atoms with E-state index in [1.807, 2.05) is 12.3 Å². The van der Waals surface area contributed by atoms with Crippen molar-refractivity contribution in [2.24, 2.45) is 0 Å². The average Bonchev–Trinajstić information content (AvgIpc) is 2.09. The van der Waals surface area contributed by atoms with Crippen molar-refractivity contribution < 1.29 is 0 Å². The van der Waals surface area contributed by atoms with Gasteiger partial charge in [0.2, 0.25) is 0 Å². The Hall–Kier alpha value is -1.09. The first-order chi connectivity index (χ1) is 6.24. The van der Waals surface area contributed by atoms with Crippen LogP contribution < -0.4 is 10.9 Å². The Morgan fingerprint density at radius 3 is 2.92 bits per heavy atom. The van der Waals surface area contributed by atoms with Gasteiger partial charge >= 0.3 is 0 Å². The molecule has 0 amide bonds. The molecule has 1 aromatic heterocycles. The van der Waals surface area contributed by atoms with Crippen LogP contribution in [-0.4, -0.2) is 17.2 Å². The standard InChI is InChI=1S/C10H16N2O/c1-3-11-9(2)8-12-7-5-4-6-10(12)13/h4-7,9,11H,3,8H2,1-2H3. The average molecular weight is 180 g/mol. The van der Waals surface area contributed by atoms with Crippen LogP contribution in [0.5, 0.6) is 0 Å². The van der Waals surface area contributed by atoms with Gasteiger partial charge in [0.15, 0.2) is 0 Å². The second-order valence-corrected chi connectivity index (χ2v) is 3.15. The van der Waals surface area contributed by atoms with E-state index in [0.29, 0.717) is 6.04 Å². The summed E-state index contributed by atoms with van der Waals surface area (Å²) < 4.78 is 1.72. The van der Waals surface area contributed by atoms with E-state index < -0.39 is 0 Å². The van der Waals surface area contributed by atoms with Crippen LogP contribution in [0.15, 0.2) is 29.2 Å². The molecule has 0 bridgehead atoms. The molecule has 0 saturated carbocycles. The SMILES string of the molecule is CCNC(C)Cn1ccccc1=O. The summed E-state index contributed by atoms with van der Waals surface area (Å²) in [6.45, 7) is 5.80. The fourth-order valence-electron chi connectivity index (χ4n) is 1.32. The Bertz CT molecular complexity index is 306. The molecule has 0 fully saturated rings. The van der Waals surface area contributed by atoms with Crippen LogP contribution in [0, 0.1) is 0 Å². The predicted molar refractivity (Wildman–Crippen MR) is 53.8 cm³/mol. The van der Waals surface area contributed by atoms with E-state index in [1.54, 1.807) is 16.7 Å². The van der Waals surface area contributed by atoms with Gasteiger partial charge in [0.05, 0.1) is 0 Å². The van der Waals surface area contributed by atoms with E-state index in [0.717, 1.165) is 13.1 Å². The van der Waals surface area contributed by atoms with E-state index in [9.17, 15) is 4.79 Å². The summed E-state index contributed by atoms with van der Waals surface area (Å²) in [6.07, 6.45) is 1.82. The molecule has 1 aromatic rings. The van der Waals surface area contributed by atoms with Gasteiger partial charge in [-0.3, -0.25) is 4.79 Å². The molecule has 3 heteroatoms. The monoisotopic (exact) mass is 180 g/mol. The Morgan fingerprint density at radius 1 is 1.54 bits per heavy atom. The van der Waals surface area contributed by atoms with Gasteiger partial charge in [-0.15, -0.1) is 0 Å². The highest BCUT2D eigenvalue weighted by Crippen LogP contribution is 1.87. The van der Waals surface area contributed by atoms with Crippen molar-refractivity contribution >= 4 is 0 Å². The lowest BCUT2D eigenvalue weighted by atomic mass is 10.3. The van der Waals surface area contributed by atoms with Gasteiger partial charge in [-0.1, -0.05) is 13.0 Å². The van der Waals surface area contributed by atoms with Crippen LogP contribution >= 0.6 is 0 Å². The number of nitrogens with one attached hydrogen (secondary N) is 1. The summed E-state index contributed by atoms with van der Waals surface area (Å²) in [5.41, 5.74) is 0.0623. The number of hydrogen-bond acceptors (Lipinski definition) is 2. The Labute approximate surface area is 78.4 Å². The zero-order valence-electron chi connectivity index (χ0n) is 8.16. The van der Waals surface area contributed by atoms with Gasteiger partial charge in [0.25, 0.3) is 5.56 Å². The minimum atomic E-state index is 0.0623. The quantitative estimate of drug-likeness (QED) is 0.745. The van der Waals surface area contributed by atoms with Crippen LogP contribution in [0.3, 0.4) is 0 Å². The van der Waals surface area contributed by atoms with Gasteiger partial charge < -0.3 is 9.88 Å². The summed E-state index contributed by atoms with van der Waals surface area (Å²) in [6, 6.07) is 5.56. The first-order valence-electron chi connectivity index (χ1n) is 4.63. The minimum Gasteiger partial charge on any atom is -0.314 e. The lowest BCUT2D eigenvalue weighted by Crippen LogP contribution is -2.33. The highest BCUT2D eigenvalue weighted by atomic mass is 16.1. The smallest absolute Gasteiger partial charge is 0.250 e. The van der Waals surface area contributed by atoms with Gasteiger partial charge in [-0.05, 0) is 19.5 Å². The van der Waals surface area contributed by atoms with Crippen molar-refractivity contribution in [3.63, 3.8) is 0 Å². The van der Waals surface area contributed by atoms with Crippen molar-refractivity contribution in [2.45, 2.75) is 26.4 Å². The van der Waals surface area contributed by atoms with Crippen LogP contribution in [0.1, 0.15) is 13.8 Å². The predicted octanol–water partition coefficient (Wildman–Crippen LogP) is 0.846. The van der Waals surface area contributed by atoms with E-state index in [4.69, 9.17) is 0 Å². The minimum absolute atomic E-state index is 0.0623. The molecule has 72 valence electrons. The number of rotatable bonds is 4. The number of aromatic nitrogens is 1. The molecule has 13 heavy (non-hydrogen) atoms. The summed E-state index contributed by atoms with van der Waals surface area (Å²) in [4.78, 5) is 11.3. The fraction of sp³-hybridized carbons (Fsp3) is 0.500. The van der Waals surface area contributed by atoms with E-state index >= 15 is 0 Å². The van der Waals surface area contributed by atoms with Gasteiger partial charge in [0, 0.05) is 24.8 Å². The maximum atomic E-state index is 11.3. The molecule has 0 aliphatic heterocycles. The van der Waals surface area contributed by atoms with Crippen LogP contribution in [0.2, 0.25) is 0 Å². The van der Waals surface area contributed by atoms with E-state index in [-0.39, 0.29) is 5.56 Å². The fourth-order valence-corrected chi connectivity index (χ4v) is 1.32. The van der Waals surface area contributed by atoms with Crippen LogP contribution in [-0.2, 0) is 6.54 Å². The van der Waals surface area contributed by atoms with E-state index in [2.05, 4.69) is 19.2 Å². The van der Waals surface area contributed by atoms with Crippen molar-refractivity contribution in [3.8, 4) is 0 Å². The number of nitrogens with zero attached hydrogens (tertiary/aromatic N) is 1. The van der Waals surface area contributed by atoms with Crippen LogP contribution in [0.4, 0.5) is 0 Å². The Kier molecular flexibility index (Phi) is 3.71. The second kappa shape index (κ2) is 4.82. The molecule has 0 spiro atoms. The molecule has 0 radical (unpaired) electrons. The zero-order chi connectivity index (χ0) is 9.68. The van der Waals surface area contributed by atoms with E-state index in [1.165, 1.54) is 0 Å². The molecule has 1 unspecified atom stereocenters. The molecule has 0 saturated heterocycles. The Morgan fingerprint density at radius 2 is 2.31 bits per heavy atom. The van der Waals surface area contributed by atoms with Gasteiger partial charge in [-0.2, -0.15) is 0 Å². The third-order valence-electron chi connectivity index (χ3n) is 1.92. The van der Waals surface area contributed by atoms with Crippen molar-refractivity contribution in [1.82, 2.24) is 9.88 Å². The maximum Gasteiger partial charge on any atom is 0.250 e.